The molecule has 1 aliphatic heterocycles. The van der Waals surface area contributed by atoms with Crippen LogP contribution in [0.25, 0.3) is 0 Å². The average molecular weight is 280 g/mol. The molecule has 21 heavy (non-hydrogen) atoms. The quantitative estimate of drug-likeness (QED) is 0.937. The first-order valence-electron chi connectivity index (χ1n) is 7.64. The molecular formula is C17H20N4. The van der Waals surface area contributed by atoms with Gasteiger partial charge in [0, 0.05) is 31.6 Å². The van der Waals surface area contributed by atoms with Gasteiger partial charge in [-0.05, 0) is 30.9 Å². The topological polar surface area (TPSA) is 41.1 Å². The normalized spacial score (nSPS) is 17.0. The van der Waals surface area contributed by atoms with Gasteiger partial charge in [0.05, 0.1) is 0 Å². The van der Waals surface area contributed by atoms with Gasteiger partial charge in [-0.3, -0.25) is 0 Å². The van der Waals surface area contributed by atoms with E-state index in [1.165, 1.54) is 24.0 Å². The van der Waals surface area contributed by atoms with E-state index in [0.29, 0.717) is 5.92 Å². The number of hydrogen-bond acceptors (Lipinski definition) is 4. The third-order valence-electron chi connectivity index (χ3n) is 4.46. The number of aromatic nitrogens is 2. The molecule has 2 aliphatic rings. The Hall–Kier alpha value is -2.10. The molecule has 1 aliphatic carbocycles. The molecule has 1 aromatic carbocycles. The second-order valence-corrected chi connectivity index (χ2v) is 6.03. The zero-order valence-electron chi connectivity index (χ0n) is 12.6. The van der Waals surface area contributed by atoms with Crippen molar-refractivity contribution in [2.75, 3.05) is 17.3 Å². The third-order valence-corrected chi connectivity index (χ3v) is 4.46. The molecule has 1 N–H and O–H groups in total. The van der Waals surface area contributed by atoms with Gasteiger partial charge in [0.15, 0.2) is 0 Å². The summed E-state index contributed by atoms with van der Waals surface area (Å²) >= 11 is 0. The van der Waals surface area contributed by atoms with Crippen molar-refractivity contribution in [2.45, 2.75) is 38.8 Å². The molecule has 0 spiro atoms. The number of benzene rings is 1. The van der Waals surface area contributed by atoms with Crippen LogP contribution in [0.15, 0.2) is 24.3 Å². The predicted molar refractivity (Wildman–Crippen MR) is 84.6 cm³/mol. The Balaban J connectivity index is 1.73. The fourth-order valence-corrected chi connectivity index (χ4v) is 3.08. The van der Waals surface area contributed by atoms with E-state index in [4.69, 9.17) is 4.98 Å². The minimum atomic E-state index is 0.571. The van der Waals surface area contributed by atoms with E-state index in [-0.39, 0.29) is 0 Å². The van der Waals surface area contributed by atoms with Gasteiger partial charge in [0.2, 0.25) is 0 Å². The molecule has 0 bridgehead atoms. The Bertz CT molecular complexity index is 666. The highest BCUT2D eigenvalue weighted by molar-refractivity contribution is 5.60. The Morgan fingerprint density at radius 3 is 2.33 bits per heavy atom. The molecule has 1 fully saturated rings. The lowest BCUT2D eigenvalue weighted by molar-refractivity contribution is 0.818. The maximum absolute atomic E-state index is 4.88. The van der Waals surface area contributed by atoms with Crippen LogP contribution < -0.4 is 10.2 Å². The van der Waals surface area contributed by atoms with E-state index in [9.17, 15) is 0 Å². The van der Waals surface area contributed by atoms with Crippen molar-refractivity contribution < 1.29 is 0 Å². The zero-order valence-corrected chi connectivity index (χ0v) is 12.6. The van der Waals surface area contributed by atoms with Crippen LogP contribution in [0.4, 0.5) is 11.6 Å². The van der Waals surface area contributed by atoms with Crippen LogP contribution in [0.5, 0.6) is 0 Å². The first-order valence-corrected chi connectivity index (χ1v) is 7.64. The highest BCUT2D eigenvalue weighted by atomic mass is 15.2. The lowest BCUT2D eigenvalue weighted by Crippen LogP contribution is -2.19. The minimum absolute atomic E-state index is 0.571. The zero-order chi connectivity index (χ0) is 14.4. The fourth-order valence-electron chi connectivity index (χ4n) is 3.08. The predicted octanol–water partition coefficient (Wildman–Crippen LogP) is 3.22. The summed E-state index contributed by atoms with van der Waals surface area (Å²) in [6.45, 7) is 4.00. The number of nitrogens with zero attached hydrogens (tertiary/aromatic N) is 3. The molecule has 4 rings (SSSR count). The summed E-state index contributed by atoms with van der Waals surface area (Å²) in [4.78, 5) is 11.9. The number of nitrogens with one attached hydrogen (secondary N) is 1. The van der Waals surface area contributed by atoms with Gasteiger partial charge < -0.3 is 10.2 Å². The second kappa shape index (κ2) is 4.72. The summed E-state index contributed by atoms with van der Waals surface area (Å²) in [7, 11) is 1.94. The molecular weight excluding hydrogens is 260 g/mol. The van der Waals surface area contributed by atoms with Gasteiger partial charge in [-0.1, -0.05) is 24.3 Å². The van der Waals surface area contributed by atoms with Crippen molar-refractivity contribution in [1.82, 2.24) is 9.97 Å². The van der Waals surface area contributed by atoms with Crippen molar-refractivity contribution >= 4 is 11.6 Å². The molecule has 4 nitrogen and oxygen atoms in total. The Labute approximate surface area is 125 Å². The molecule has 0 amide bonds. The molecule has 2 aromatic rings. The molecule has 1 aromatic heterocycles. The summed E-state index contributed by atoms with van der Waals surface area (Å²) in [5.41, 5.74) is 3.97. The van der Waals surface area contributed by atoms with Crippen LogP contribution >= 0.6 is 0 Å². The molecule has 1 saturated carbocycles. The van der Waals surface area contributed by atoms with E-state index in [1.54, 1.807) is 0 Å². The maximum atomic E-state index is 4.88. The molecule has 0 radical (unpaired) electrons. The monoisotopic (exact) mass is 280 g/mol. The maximum Gasteiger partial charge on any atom is 0.137 e. The minimum Gasteiger partial charge on any atom is -0.373 e. The third kappa shape index (κ3) is 2.15. The number of anilines is 2. The number of hydrogen-bond donors (Lipinski definition) is 1. The molecule has 0 saturated heterocycles. The first-order chi connectivity index (χ1) is 10.3. The summed E-state index contributed by atoms with van der Waals surface area (Å²) in [5.74, 6) is 3.64. The van der Waals surface area contributed by atoms with Crippen LogP contribution in [0, 0.1) is 6.92 Å². The van der Waals surface area contributed by atoms with Crippen molar-refractivity contribution in [3.63, 3.8) is 0 Å². The highest BCUT2D eigenvalue weighted by Gasteiger charge is 2.30. The van der Waals surface area contributed by atoms with Gasteiger partial charge in [-0.25, -0.2) is 9.97 Å². The van der Waals surface area contributed by atoms with Gasteiger partial charge in [0.1, 0.15) is 17.5 Å². The smallest absolute Gasteiger partial charge is 0.137 e. The highest BCUT2D eigenvalue weighted by Crippen LogP contribution is 2.40. The SMILES string of the molecule is CNc1nc(C2CC2)nc(N2Cc3ccccc3C2)c1C. The molecule has 0 atom stereocenters. The van der Waals surface area contributed by atoms with Crippen LogP contribution in [0.2, 0.25) is 0 Å². The van der Waals surface area contributed by atoms with Crippen molar-refractivity contribution in [3.8, 4) is 0 Å². The summed E-state index contributed by atoms with van der Waals surface area (Å²) < 4.78 is 0. The van der Waals surface area contributed by atoms with E-state index < -0.39 is 0 Å². The lowest BCUT2D eigenvalue weighted by atomic mass is 10.1. The van der Waals surface area contributed by atoms with Gasteiger partial charge in [-0.15, -0.1) is 0 Å². The average Bonchev–Trinajstić information content (AvgIpc) is 3.26. The lowest BCUT2D eigenvalue weighted by Gasteiger charge is -2.21. The second-order valence-electron chi connectivity index (χ2n) is 6.03. The van der Waals surface area contributed by atoms with E-state index in [1.807, 2.05) is 7.05 Å². The molecule has 2 heterocycles. The van der Waals surface area contributed by atoms with Gasteiger partial charge in [-0.2, -0.15) is 0 Å². The van der Waals surface area contributed by atoms with Crippen molar-refractivity contribution in [2.24, 2.45) is 0 Å². The fraction of sp³-hybridized carbons (Fsp3) is 0.412. The van der Waals surface area contributed by atoms with Gasteiger partial charge in [0.25, 0.3) is 0 Å². The number of fused-ring (bicyclic) bond motifs is 1. The van der Waals surface area contributed by atoms with E-state index in [0.717, 1.165) is 36.1 Å². The van der Waals surface area contributed by atoms with Crippen LogP contribution in [0.1, 0.15) is 41.3 Å². The molecule has 4 heteroatoms. The standard InChI is InChI=1S/C17H20N4/c1-11-15(18-2)19-16(12-7-8-12)20-17(11)21-9-13-5-3-4-6-14(13)10-21/h3-6,12H,7-10H2,1-2H3,(H,18,19,20). The van der Waals surface area contributed by atoms with Crippen molar-refractivity contribution in [3.05, 3.63) is 46.8 Å². The van der Waals surface area contributed by atoms with E-state index >= 15 is 0 Å². The Morgan fingerprint density at radius 1 is 1.10 bits per heavy atom. The number of rotatable bonds is 3. The summed E-state index contributed by atoms with van der Waals surface area (Å²) in [5, 5.41) is 3.23. The van der Waals surface area contributed by atoms with Gasteiger partial charge >= 0.3 is 0 Å². The van der Waals surface area contributed by atoms with Crippen LogP contribution in [0.3, 0.4) is 0 Å². The van der Waals surface area contributed by atoms with Crippen LogP contribution in [-0.2, 0) is 13.1 Å². The summed E-state index contributed by atoms with van der Waals surface area (Å²) in [6, 6.07) is 8.66. The largest absolute Gasteiger partial charge is 0.373 e. The first kappa shape index (κ1) is 12.6. The molecule has 0 unspecified atom stereocenters. The summed E-state index contributed by atoms with van der Waals surface area (Å²) in [6.07, 6.45) is 2.46. The molecule has 108 valence electrons. The van der Waals surface area contributed by atoms with E-state index in [2.05, 4.69) is 46.4 Å². The Kier molecular flexibility index (Phi) is 2.84. The van der Waals surface area contributed by atoms with Crippen molar-refractivity contribution in [1.29, 1.82) is 0 Å². The Morgan fingerprint density at radius 2 is 1.76 bits per heavy atom. The van der Waals surface area contributed by atoms with Crippen LogP contribution in [-0.4, -0.2) is 17.0 Å².